The summed E-state index contributed by atoms with van der Waals surface area (Å²) in [4.78, 5) is 0. The average Bonchev–Trinajstić information content (AvgIpc) is 2.26. The van der Waals surface area contributed by atoms with Crippen molar-refractivity contribution < 1.29 is 14.6 Å². The van der Waals surface area contributed by atoms with E-state index in [1.807, 2.05) is 6.92 Å². The molecule has 2 atom stereocenters. The second-order valence-electron chi connectivity index (χ2n) is 3.71. The van der Waals surface area contributed by atoms with Gasteiger partial charge < -0.3 is 10.2 Å². The predicted molar refractivity (Wildman–Crippen MR) is 56.9 cm³/mol. The minimum absolute atomic E-state index is 0.339. The summed E-state index contributed by atoms with van der Waals surface area (Å²) in [6.45, 7) is 2.02. The highest BCUT2D eigenvalue weighted by Crippen LogP contribution is 2.20. The molecule has 0 saturated heterocycles. The number of benzene rings is 1. The molecule has 0 spiro atoms. The van der Waals surface area contributed by atoms with Gasteiger partial charge in [-0.25, -0.2) is 4.39 Å². The minimum Gasteiger partial charge on any atom is -0.390 e. The Morgan fingerprint density at radius 1 is 1.20 bits per heavy atom. The third kappa shape index (κ3) is 3.61. The second kappa shape index (κ2) is 5.83. The number of hydrogen-bond donors (Lipinski definition) is 2. The zero-order chi connectivity index (χ0) is 11.3. The summed E-state index contributed by atoms with van der Waals surface area (Å²) in [5.41, 5.74) is 0.556. The van der Waals surface area contributed by atoms with Gasteiger partial charge in [-0.15, -0.1) is 0 Å². The molecule has 2 nitrogen and oxygen atoms in total. The maximum atomic E-state index is 12.6. The molecule has 2 N–H and O–H groups in total. The topological polar surface area (TPSA) is 40.5 Å². The zero-order valence-electron chi connectivity index (χ0n) is 8.86. The Morgan fingerprint density at radius 3 is 2.33 bits per heavy atom. The molecule has 84 valence electrons. The molecule has 2 unspecified atom stereocenters. The van der Waals surface area contributed by atoms with Crippen LogP contribution >= 0.6 is 0 Å². The van der Waals surface area contributed by atoms with Crippen LogP contribution in [0.3, 0.4) is 0 Å². The van der Waals surface area contributed by atoms with Crippen molar-refractivity contribution in [2.45, 2.75) is 38.4 Å². The van der Waals surface area contributed by atoms with Crippen LogP contribution in [0.2, 0.25) is 0 Å². The Bertz CT molecular complexity index is 284. The van der Waals surface area contributed by atoms with Gasteiger partial charge in [0, 0.05) is 0 Å². The van der Waals surface area contributed by atoms with Gasteiger partial charge in [0.15, 0.2) is 0 Å². The van der Waals surface area contributed by atoms with Crippen molar-refractivity contribution in [3.8, 4) is 0 Å². The second-order valence-corrected chi connectivity index (χ2v) is 3.71. The van der Waals surface area contributed by atoms with Crippen LogP contribution in [-0.2, 0) is 0 Å². The lowest BCUT2D eigenvalue weighted by molar-refractivity contribution is 0.0122. The molecule has 0 fully saturated rings. The van der Waals surface area contributed by atoms with Crippen molar-refractivity contribution in [1.29, 1.82) is 0 Å². The Morgan fingerprint density at radius 2 is 1.80 bits per heavy atom. The van der Waals surface area contributed by atoms with Gasteiger partial charge >= 0.3 is 0 Å². The Labute approximate surface area is 89.4 Å². The fourth-order valence-corrected chi connectivity index (χ4v) is 1.45. The first-order valence-electron chi connectivity index (χ1n) is 5.26. The summed E-state index contributed by atoms with van der Waals surface area (Å²) in [5.74, 6) is -0.339. The molecule has 0 radical (unpaired) electrons. The molecule has 0 heterocycles. The molecule has 15 heavy (non-hydrogen) atoms. The summed E-state index contributed by atoms with van der Waals surface area (Å²) >= 11 is 0. The lowest BCUT2D eigenvalue weighted by atomic mass is 10.0. The minimum atomic E-state index is -0.919. The van der Waals surface area contributed by atoms with Crippen LogP contribution in [0.15, 0.2) is 24.3 Å². The molecule has 0 aromatic heterocycles. The lowest BCUT2D eigenvalue weighted by Gasteiger charge is -2.17. The summed E-state index contributed by atoms with van der Waals surface area (Å²) in [6.07, 6.45) is 0.731. The first kappa shape index (κ1) is 12.1. The molecule has 0 aliphatic heterocycles. The van der Waals surface area contributed by atoms with Crippen LogP contribution in [0.1, 0.15) is 37.9 Å². The molecule has 1 aromatic carbocycles. The number of hydrogen-bond acceptors (Lipinski definition) is 2. The van der Waals surface area contributed by atoms with Crippen LogP contribution in [0.25, 0.3) is 0 Å². The molecule has 0 amide bonds. The van der Waals surface area contributed by atoms with Gasteiger partial charge in [0.05, 0.1) is 6.10 Å². The molecule has 0 aliphatic carbocycles. The van der Waals surface area contributed by atoms with Crippen molar-refractivity contribution in [3.05, 3.63) is 35.6 Å². The van der Waals surface area contributed by atoms with E-state index < -0.39 is 12.2 Å². The molecule has 3 heteroatoms. The van der Waals surface area contributed by atoms with Crippen molar-refractivity contribution >= 4 is 0 Å². The highest BCUT2D eigenvalue weighted by molar-refractivity contribution is 5.19. The molecule has 1 rings (SSSR count). The molecule has 0 aliphatic rings. The Balaban J connectivity index is 2.59. The van der Waals surface area contributed by atoms with Crippen molar-refractivity contribution in [2.75, 3.05) is 0 Å². The molecular weight excluding hydrogens is 195 g/mol. The van der Waals surface area contributed by atoms with Crippen LogP contribution in [-0.4, -0.2) is 16.3 Å². The van der Waals surface area contributed by atoms with Crippen molar-refractivity contribution in [2.24, 2.45) is 0 Å². The Hall–Kier alpha value is -0.930. The van der Waals surface area contributed by atoms with Gasteiger partial charge in [-0.1, -0.05) is 31.9 Å². The Kier molecular flexibility index (Phi) is 4.72. The van der Waals surface area contributed by atoms with Crippen LogP contribution in [0.4, 0.5) is 4.39 Å². The average molecular weight is 212 g/mol. The summed E-state index contributed by atoms with van der Waals surface area (Å²) in [5, 5.41) is 19.4. The lowest BCUT2D eigenvalue weighted by Crippen LogP contribution is -2.17. The maximum Gasteiger partial charge on any atom is 0.123 e. The largest absolute Gasteiger partial charge is 0.390 e. The first-order valence-corrected chi connectivity index (χ1v) is 5.26. The smallest absolute Gasteiger partial charge is 0.123 e. The standard InChI is InChI=1S/C12H17FO2/c1-2-3-4-11(14)12(15)9-5-7-10(13)8-6-9/h5-8,11-12,14-15H,2-4H2,1H3. The fourth-order valence-electron chi connectivity index (χ4n) is 1.45. The van der Waals surface area contributed by atoms with E-state index in [1.54, 1.807) is 0 Å². The van der Waals surface area contributed by atoms with Gasteiger partial charge in [0.25, 0.3) is 0 Å². The number of unbranched alkanes of at least 4 members (excludes halogenated alkanes) is 1. The number of aliphatic hydroxyl groups excluding tert-OH is 2. The van der Waals surface area contributed by atoms with Gasteiger partial charge in [-0.05, 0) is 24.1 Å². The van der Waals surface area contributed by atoms with E-state index in [2.05, 4.69) is 0 Å². The monoisotopic (exact) mass is 212 g/mol. The summed E-state index contributed by atoms with van der Waals surface area (Å²) in [7, 11) is 0. The molecular formula is C12H17FO2. The van der Waals surface area contributed by atoms with E-state index in [1.165, 1.54) is 24.3 Å². The highest BCUT2D eigenvalue weighted by Gasteiger charge is 2.17. The van der Waals surface area contributed by atoms with E-state index in [9.17, 15) is 14.6 Å². The van der Waals surface area contributed by atoms with Crippen LogP contribution in [0.5, 0.6) is 0 Å². The van der Waals surface area contributed by atoms with Crippen molar-refractivity contribution in [1.82, 2.24) is 0 Å². The van der Waals surface area contributed by atoms with Gasteiger partial charge in [0.1, 0.15) is 11.9 Å². The van der Waals surface area contributed by atoms with E-state index in [4.69, 9.17) is 0 Å². The third-order valence-electron chi connectivity index (χ3n) is 2.43. The van der Waals surface area contributed by atoms with Crippen LogP contribution in [0, 0.1) is 5.82 Å². The van der Waals surface area contributed by atoms with E-state index in [0.29, 0.717) is 12.0 Å². The quantitative estimate of drug-likeness (QED) is 0.786. The van der Waals surface area contributed by atoms with E-state index in [0.717, 1.165) is 12.8 Å². The fraction of sp³-hybridized carbons (Fsp3) is 0.500. The number of aliphatic hydroxyl groups is 2. The zero-order valence-corrected chi connectivity index (χ0v) is 8.86. The first-order chi connectivity index (χ1) is 7.15. The number of rotatable bonds is 5. The van der Waals surface area contributed by atoms with E-state index >= 15 is 0 Å². The normalized spacial score (nSPS) is 14.9. The SMILES string of the molecule is CCCCC(O)C(O)c1ccc(F)cc1. The third-order valence-corrected chi connectivity index (χ3v) is 2.43. The van der Waals surface area contributed by atoms with E-state index in [-0.39, 0.29) is 5.82 Å². The van der Waals surface area contributed by atoms with Crippen molar-refractivity contribution in [3.63, 3.8) is 0 Å². The number of halogens is 1. The van der Waals surface area contributed by atoms with Gasteiger partial charge in [0.2, 0.25) is 0 Å². The molecule has 1 aromatic rings. The molecule has 0 saturated carbocycles. The van der Waals surface area contributed by atoms with Gasteiger partial charge in [-0.2, -0.15) is 0 Å². The predicted octanol–water partition coefficient (Wildman–Crippen LogP) is 2.41. The molecule has 0 bridgehead atoms. The summed E-state index contributed by atoms with van der Waals surface area (Å²) in [6, 6.07) is 5.56. The van der Waals surface area contributed by atoms with Gasteiger partial charge in [-0.3, -0.25) is 0 Å². The van der Waals surface area contributed by atoms with Crippen LogP contribution < -0.4 is 0 Å². The maximum absolute atomic E-state index is 12.6. The highest BCUT2D eigenvalue weighted by atomic mass is 19.1. The summed E-state index contributed by atoms with van der Waals surface area (Å²) < 4.78 is 12.6.